The smallest absolute Gasteiger partial charge is 0.326 e. The summed E-state index contributed by atoms with van der Waals surface area (Å²) in [5, 5.41) is 4.72. The molecule has 0 atom stereocenters. The molecule has 1 heterocycles. The highest BCUT2D eigenvalue weighted by molar-refractivity contribution is 7.16. The molecule has 4 aromatic rings. The molecule has 4 rings (SSSR count). The third-order valence-corrected chi connectivity index (χ3v) is 5.83. The van der Waals surface area contributed by atoms with Crippen LogP contribution in [-0.4, -0.2) is 29.0 Å². The lowest BCUT2D eigenvalue weighted by atomic mass is 10.1. The number of nitrogens with one attached hydrogen (secondary N) is 1. The number of benzene rings is 3. The first-order valence-electron chi connectivity index (χ1n) is 10.1. The van der Waals surface area contributed by atoms with Crippen LogP contribution in [0, 0.1) is 0 Å². The monoisotopic (exact) mass is 447 g/mol. The first-order chi connectivity index (χ1) is 15.4. The predicted octanol–water partition coefficient (Wildman–Crippen LogP) is 4.12. The summed E-state index contributed by atoms with van der Waals surface area (Å²) in [4.78, 5) is 41.3. The molecule has 0 aliphatic rings. The standard InChI is InChI=1S/C24H21N3O4S/c1-3-31-22(29)14-27-20-11-10-19(25-15(2)28)13-21(20)32-24(27)26-23(30)18-9-8-16-6-4-5-7-17(16)12-18/h4-13H,3,14H2,1-2H3,(H,25,28). The number of hydrogen-bond acceptors (Lipinski definition) is 5. The second-order valence-corrected chi connectivity index (χ2v) is 8.13. The van der Waals surface area contributed by atoms with Crippen molar-refractivity contribution in [2.24, 2.45) is 4.99 Å². The molecule has 0 fully saturated rings. The highest BCUT2D eigenvalue weighted by Gasteiger charge is 2.14. The second kappa shape index (κ2) is 9.15. The summed E-state index contributed by atoms with van der Waals surface area (Å²) in [6, 6.07) is 18.5. The first kappa shape index (κ1) is 21.5. The number of esters is 1. The normalized spacial score (nSPS) is 11.6. The number of thiazole rings is 1. The van der Waals surface area contributed by atoms with E-state index >= 15 is 0 Å². The molecule has 8 heteroatoms. The van der Waals surface area contributed by atoms with Gasteiger partial charge in [0.2, 0.25) is 5.91 Å². The van der Waals surface area contributed by atoms with Gasteiger partial charge in [0.05, 0.1) is 16.8 Å². The number of rotatable bonds is 5. The van der Waals surface area contributed by atoms with Crippen molar-refractivity contribution in [1.29, 1.82) is 0 Å². The fourth-order valence-electron chi connectivity index (χ4n) is 3.40. The van der Waals surface area contributed by atoms with Crippen LogP contribution >= 0.6 is 11.3 Å². The Morgan fingerprint density at radius 2 is 1.81 bits per heavy atom. The number of anilines is 1. The van der Waals surface area contributed by atoms with Gasteiger partial charge in [-0.25, -0.2) is 0 Å². The summed E-state index contributed by atoms with van der Waals surface area (Å²) in [6.45, 7) is 3.36. The zero-order valence-electron chi connectivity index (χ0n) is 17.6. The number of carbonyl (C=O) groups excluding carboxylic acids is 3. The largest absolute Gasteiger partial charge is 0.465 e. The van der Waals surface area contributed by atoms with Gasteiger partial charge in [0.15, 0.2) is 4.80 Å². The molecule has 0 saturated carbocycles. The van der Waals surface area contributed by atoms with Crippen molar-refractivity contribution in [3.63, 3.8) is 0 Å². The van der Waals surface area contributed by atoms with Crippen molar-refractivity contribution in [3.05, 3.63) is 71.0 Å². The number of nitrogens with zero attached hydrogens (tertiary/aromatic N) is 2. The summed E-state index contributed by atoms with van der Waals surface area (Å²) in [7, 11) is 0. The zero-order valence-corrected chi connectivity index (χ0v) is 18.4. The molecule has 1 N–H and O–H groups in total. The van der Waals surface area contributed by atoms with Gasteiger partial charge >= 0.3 is 5.97 Å². The van der Waals surface area contributed by atoms with Gasteiger partial charge in [-0.05, 0) is 48.0 Å². The maximum absolute atomic E-state index is 13.0. The molecule has 0 spiro atoms. The maximum atomic E-state index is 13.0. The Labute approximate surface area is 188 Å². The van der Waals surface area contributed by atoms with E-state index in [0.29, 0.717) is 16.1 Å². The molecule has 2 amide bonds. The average molecular weight is 448 g/mol. The van der Waals surface area contributed by atoms with Crippen LogP contribution in [0.4, 0.5) is 5.69 Å². The first-order valence-corrected chi connectivity index (χ1v) is 10.9. The average Bonchev–Trinajstić information content (AvgIpc) is 3.09. The van der Waals surface area contributed by atoms with Crippen molar-refractivity contribution < 1.29 is 19.1 Å². The summed E-state index contributed by atoms with van der Waals surface area (Å²) in [6.07, 6.45) is 0. The topological polar surface area (TPSA) is 89.8 Å². The van der Waals surface area contributed by atoms with Crippen LogP contribution in [0.1, 0.15) is 24.2 Å². The summed E-state index contributed by atoms with van der Waals surface area (Å²) in [5.74, 6) is -1.00. The van der Waals surface area contributed by atoms with E-state index < -0.39 is 11.9 Å². The summed E-state index contributed by atoms with van der Waals surface area (Å²) < 4.78 is 7.54. The molecule has 0 bridgehead atoms. The number of ether oxygens (including phenoxy) is 1. The quantitative estimate of drug-likeness (QED) is 0.466. The minimum Gasteiger partial charge on any atom is -0.465 e. The van der Waals surface area contributed by atoms with Gasteiger partial charge in [-0.15, -0.1) is 0 Å². The number of aromatic nitrogens is 1. The summed E-state index contributed by atoms with van der Waals surface area (Å²) >= 11 is 1.27. The van der Waals surface area contributed by atoms with Crippen LogP contribution in [-0.2, 0) is 20.9 Å². The van der Waals surface area contributed by atoms with E-state index in [1.807, 2.05) is 30.3 Å². The van der Waals surface area contributed by atoms with Crippen molar-refractivity contribution in [2.45, 2.75) is 20.4 Å². The van der Waals surface area contributed by atoms with Crippen molar-refractivity contribution >= 4 is 55.8 Å². The van der Waals surface area contributed by atoms with E-state index in [1.165, 1.54) is 18.3 Å². The highest BCUT2D eigenvalue weighted by atomic mass is 32.1. The Balaban J connectivity index is 1.80. The Kier molecular flexibility index (Phi) is 6.13. The van der Waals surface area contributed by atoms with Crippen LogP contribution in [0.25, 0.3) is 21.0 Å². The molecule has 162 valence electrons. The minimum absolute atomic E-state index is 0.0723. The SMILES string of the molecule is CCOC(=O)Cn1c(=NC(=O)c2ccc3ccccc3c2)sc2cc(NC(C)=O)ccc21. The van der Waals surface area contributed by atoms with Gasteiger partial charge in [0.25, 0.3) is 5.91 Å². The lowest BCUT2D eigenvalue weighted by molar-refractivity contribution is -0.143. The minimum atomic E-state index is -0.419. The van der Waals surface area contributed by atoms with Gasteiger partial charge in [0, 0.05) is 18.2 Å². The molecular weight excluding hydrogens is 426 g/mol. The fraction of sp³-hybridized carbons (Fsp3) is 0.167. The van der Waals surface area contributed by atoms with Gasteiger partial charge in [-0.2, -0.15) is 4.99 Å². The molecule has 7 nitrogen and oxygen atoms in total. The second-order valence-electron chi connectivity index (χ2n) is 7.12. The van der Waals surface area contributed by atoms with Crippen molar-refractivity contribution in [2.75, 3.05) is 11.9 Å². The molecule has 0 radical (unpaired) electrons. The third-order valence-electron chi connectivity index (χ3n) is 4.79. The van der Waals surface area contributed by atoms with Crippen molar-refractivity contribution in [1.82, 2.24) is 4.57 Å². The van der Waals surface area contributed by atoms with E-state index in [4.69, 9.17) is 4.74 Å². The van der Waals surface area contributed by atoms with Crippen LogP contribution in [0.15, 0.2) is 65.7 Å². The number of amides is 2. The Morgan fingerprint density at radius 3 is 2.56 bits per heavy atom. The van der Waals surface area contributed by atoms with Gasteiger partial charge in [-0.1, -0.05) is 41.7 Å². The number of fused-ring (bicyclic) bond motifs is 2. The van der Waals surface area contributed by atoms with E-state index in [-0.39, 0.29) is 19.1 Å². The summed E-state index contributed by atoms with van der Waals surface area (Å²) in [5.41, 5.74) is 1.81. The number of hydrogen-bond donors (Lipinski definition) is 1. The molecule has 0 aliphatic carbocycles. The van der Waals surface area contributed by atoms with E-state index in [2.05, 4.69) is 10.3 Å². The van der Waals surface area contributed by atoms with Gasteiger partial charge < -0.3 is 14.6 Å². The highest BCUT2D eigenvalue weighted by Crippen LogP contribution is 2.23. The van der Waals surface area contributed by atoms with E-state index in [9.17, 15) is 14.4 Å². The number of carbonyl (C=O) groups is 3. The molecule has 0 unspecified atom stereocenters. The lowest BCUT2D eigenvalue weighted by Gasteiger charge is -2.06. The molecule has 0 saturated heterocycles. The lowest BCUT2D eigenvalue weighted by Crippen LogP contribution is -2.23. The van der Waals surface area contributed by atoms with Gasteiger partial charge in [0.1, 0.15) is 6.54 Å². The third kappa shape index (κ3) is 4.60. The molecule has 1 aromatic heterocycles. The van der Waals surface area contributed by atoms with E-state index in [1.54, 1.807) is 41.8 Å². The maximum Gasteiger partial charge on any atom is 0.326 e. The van der Waals surface area contributed by atoms with Crippen molar-refractivity contribution in [3.8, 4) is 0 Å². The Morgan fingerprint density at radius 1 is 1.03 bits per heavy atom. The predicted molar refractivity (Wildman–Crippen MR) is 125 cm³/mol. The zero-order chi connectivity index (χ0) is 22.7. The van der Waals surface area contributed by atoms with Gasteiger partial charge in [-0.3, -0.25) is 14.4 Å². The van der Waals surface area contributed by atoms with Crippen LogP contribution in [0.2, 0.25) is 0 Å². The Hall–Kier alpha value is -3.78. The van der Waals surface area contributed by atoms with Crippen LogP contribution in [0.5, 0.6) is 0 Å². The van der Waals surface area contributed by atoms with Crippen LogP contribution < -0.4 is 10.1 Å². The van der Waals surface area contributed by atoms with E-state index in [0.717, 1.165) is 21.0 Å². The Bertz CT molecular complexity index is 1420. The fourth-order valence-corrected chi connectivity index (χ4v) is 4.47. The molecule has 3 aromatic carbocycles. The van der Waals surface area contributed by atoms with Crippen LogP contribution in [0.3, 0.4) is 0 Å². The molecule has 32 heavy (non-hydrogen) atoms. The molecule has 0 aliphatic heterocycles. The molecular formula is C24H21N3O4S.